The Hall–Kier alpha value is -2.32. The van der Waals surface area contributed by atoms with Crippen LogP contribution in [0.25, 0.3) is 11.0 Å². The van der Waals surface area contributed by atoms with Crippen LogP contribution in [-0.4, -0.2) is 57.9 Å². The number of nitrogens with zero attached hydrogens (tertiary/aromatic N) is 2. The Morgan fingerprint density at radius 2 is 1.93 bits per heavy atom. The SMILES string of the molecule is COc1ccc(OCC2OC(CCn3cnc4ccccc43)C(O)C2O)c(Cl)c1. The summed E-state index contributed by atoms with van der Waals surface area (Å²) in [6, 6.07) is 12.9. The van der Waals surface area contributed by atoms with Crippen LogP contribution in [0.15, 0.2) is 48.8 Å². The number of imidazole rings is 1. The van der Waals surface area contributed by atoms with Crippen LogP contribution in [0.5, 0.6) is 11.5 Å². The second-order valence-corrected chi connectivity index (χ2v) is 7.42. The molecular formula is C21H23ClN2O5. The van der Waals surface area contributed by atoms with E-state index in [4.69, 9.17) is 25.8 Å². The van der Waals surface area contributed by atoms with Gasteiger partial charge in [-0.05, 0) is 30.7 Å². The monoisotopic (exact) mass is 418 g/mol. The molecule has 1 aliphatic heterocycles. The summed E-state index contributed by atoms with van der Waals surface area (Å²) in [7, 11) is 1.56. The van der Waals surface area contributed by atoms with Gasteiger partial charge in [-0.3, -0.25) is 0 Å². The predicted octanol–water partition coefficient (Wildman–Crippen LogP) is 2.66. The molecule has 0 bridgehead atoms. The fourth-order valence-electron chi connectivity index (χ4n) is 3.55. The highest BCUT2D eigenvalue weighted by Gasteiger charge is 2.42. The van der Waals surface area contributed by atoms with E-state index in [1.165, 1.54) is 0 Å². The van der Waals surface area contributed by atoms with Crippen molar-refractivity contribution in [3.63, 3.8) is 0 Å². The first-order valence-electron chi connectivity index (χ1n) is 9.44. The molecule has 0 amide bonds. The van der Waals surface area contributed by atoms with E-state index in [0.717, 1.165) is 11.0 Å². The van der Waals surface area contributed by atoms with E-state index in [2.05, 4.69) is 4.98 Å². The van der Waals surface area contributed by atoms with Gasteiger partial charge in [0.25, 0.3) is 0 Å². The Balaban J connectivity index is 1.35. The van der Waals surface area contributed by atoms with Gasteiger partial charge in [0.05, 0.1) is 35.6 Å². The molecule has 3 aromatic rings. The zero-order valence-corrected chi connectivity index (χ0v) is 16.7. The number of fused-ring (bicyclic) bond motifs is 1. The number of ether oxygens (including phenoxy) is 3. The van der Waals surface area contributed by atoms with E-state index in [-0.39, 0.29) is 6.61 Å². The summed E-state index contributed by atoms with van der Waals surface area (Å²) in [5.41, 5.74) is 1.94. The van der Waals surface area contributed by atoms with Gasteiger partial charge in [-0.25, -0.2) is 4.98 Å². The highest BCUT2D eigenvalue weighted by molar-refractivity contribution is 6.32. The topological polar surface area (TPSA) is 86.0 Å². The van der Waals surface area contributed by atoms with Gasteiger partial charge in [0, 0.05) is 12.6 Å². The molecule has 4 rings (SSSR count). The molecule has 4 unspecified atom stereocenters. The van der Waals surface area contributed by atoms with Crippen molar-refractivity contribution < 1.29 is 24.4 Å². The third-order valence-electron chi connectivity index (χ3n) is 5.19. The molecule has 0 saturated carbocycles. The normalized spacial score (nSPS) is 24.1. The number of halogens is 1. The number of aliphatic hydroxyl groups is 2. The Morgan fingerprint density at radius 1 is 1.14 bits per heavy atom. The molecule has 0 aliphatic carbocycles. The number of benzene rings is 2. The molecule has 8 heteroatoms. The Labute approximate surface area is 173 Å². The van der Waals surface area contributed by atoms with Gasteiger partial charge in [-0.2, -0.15) is 0 Å². The molecule has 2 heterocycles. The number of aryl methyl sites for hydroxylation is 1. The first-order valence-corrected chi connectivity index (χ1v) is 9.82. The fourth-order valence-corrected chi connectivity index (χ4v) is 3.78. The van der Waals surface area contributed by atoms with Crippen LogP contribution in [0, 0.1) is 0 Å². The molecule has 1 saturated heterocycles. The van der Waals surface area contributed by atoms with Crippen LogP contribution in [-0.2, 0) is 11.3 Å². The number of rotatable bonds is 7. The molecule has 0 radical (unpaired) electrons. The number of hydrogen-bond acceptors (Lipinski definition) is 6. The quantitative estimate of drug-likeness (QED) is 0.613. The van der Waals surface area contributed by atoms with Gasteiger partial charge in [0.1, 0.15) is 36.4 Å². The summed E-state index contributed by atoms with van der Waals surface area (Å²) in [5, 5.41) is 21.2. The molecular weight excluding hydrogens is 396 g/mol. The summed E-state index contributed by atoms with van der Waals surface area (Å²) in [4.78, 5) is 4.37. The standard InChI is InChI=1S/C21H23ClN2O5/c1-27-13-6-7-17(14(22)10-13)28-11-19-21(26)20(25)18(29-19)8-9-24-12-23-15-4-2-3-5-16(15)24/h2-7,10,12,18-21,25-26H,8-9,11H2,1H3. The van der Waals surface area contributed by atoms with E-state index >= 15 is 0 Å². The Kier molecular flexibility index (Phi) is 5.91. The number of aliphatic hydroxyl groups excluding tert-OH is 2. The summed E-state index contributed by atoms with van der Waals surface area (Å²) in [5.74, 6) is 1.09. The van der Waals surface area contributed by atoms with Gasteiger partial charge in [-0.15, -0.1) is 0 Å². The maximum absolute atomic E-state index is 10.4. The lowest BCUT2D eigenvalue weighted by Gasteiger charge is -2.16. The number of methoxy groups -OCH3 is 1. The number of aromatic nitrogens is 2. The van der Waals surface area contributed by atoms with E-state index < -0.39 is 24.4 Å². The molecule has 0 spiro atoms. The van der Waals surface area contributed by atoms with Crippen LogP contribution in [0.4, 0.5) is 0 Å². The summed E-state index contributed by atoms with van der Waals surface area (Å²) in [6.07, 6.45) is -0.840. The maximum Gasteiger partial charge on any atom is 0.138 e. The molecule has 2 N–H and O–H groups in total. The highest BCUT2D eigenvalue weighted by atomic mass is 35.5. The third-order valence-corrected chi connectivity index (χ3v) is 5.48. The van der Waals surface area contributed by atoms with E-state index in [1.54, 1.807) is 31.6 Å². The maximum atomic E-state index is 10.4. The molecule has 7 nitrogen and oxygen atoms in total. The molecule has 29 heavy (non-hydrogen) atoms. The predicted molar refractivity (Wildman–Crippen MR) is 109 cm³/mol. The van der Waals surface area contributed by atoms with E-state index in [9.17, 15) is 10.2 Å². The largest absolute Gasteiger partial charge is 0.497 e. The van der Waals surface area contributed by atoms with Gasteiger partial charge < -0.3 is 29.0 Å². The Bertz CT molecular complexity index is 979. The minimum atomic E-state index is -1.03. The molecule has 1 aromatic heterocycles. The van der Waals surface area contributed by atoms with Crippen LogP contribution >= 0.6 is 11.6 Å². The van der Waals surface area contributed by atoms with Crippen LogP contribution < -0.4 is 9.47 Å². The Morgan fingerprint density at radius 3 is 2.72 bits per heavy atom. The first-order chi connectivity index (χ1) is 14.1. The van der Waals surface area contributed by atoms with Crippen molar-refractivity contribution in [2.45, 2.75) is 37.4 Å². The summed E-state index contributed by atoms with van der Waals surface area (Å²) < 4.78 is 18.7. The van der Waals surface area contributed by atoms with Gasteiger partial charge in [0.2, 0.25) is 0 Å². The second kappa shape index (κ2) is 8.59. The molecule has 1 fully saturated rings. The van der Waals surface area contributed by atoms with Gasteiger partial charge in [0.15, 0.2) is 0 Å². The molecule has 154 valence electrons. The van der Waals surface area contributed by atoms with Crippen molar-refractivity contribution in [2.75, 3.05) is 13.7 Å². The van der Waals surface area contributed by atoms with Gasteiger partial charge in [-0.1, -0.05) is 23.7 Å². The van der Waals surface area contributed by atoms with E-state index in [1.807, 2.05) is 28.8 Å². The van der Waals surface area contributed by atoms with Crippen molar-refractivity contribution in [3.8, 4) is 11.5 Å². The van der Waals surface area contributed by atoms with Crippen LogP contribution in [0.2, 0.25) is 5.02 Å². The first kappa shape index (κ1) is 20.0. The highest BCUT2D eigenvalue weighted by Crippen LogP contribution is 2.30. The lowest BCUT2D eigenvalue weighted by atomic mass is 10.1. The molecule has 1 aliphatic rings. The zero-order chi connectivity index (χ0) is 20.4. The number of para-hydroxylation sites is 2. The van der Waals surface area contributed by atoms with Crippen molar-refractivity contribution in [1.29, 1.82) is 0 Å². The van der Waals surface area contributed by atoms with Crippen molar-refractivity contribution in [3.05, 3.63) is 53.8 Å². The zero-order valence-electron chi connectivity index (χ0n) is 15.9. The minimum Gasteiger partial charge on any atom is -0.497 e. The van der Waals surface area contributed by atoms with E-state index in [0.29, 0.717) is 29.5 Å². The third kappa shape index (κ3) is 4.18. The lowest BCUT2D eigenvalue weighted by Crippen LogP contribution is -2.35. The van der Waals surface area contributed by atoms with Crippen molar-refractivity contribution >= 4 is 22.6 Å². The fraction of sp³-hybridized carbons (Fsp3) is 0.381. The summed E-state index contributed by atoms with van der Waals surface area (Å²) in [6.45, 7) is 0.696. The average molecular weight is 419 g/mol. The smallest absolute Gasteiger partial charge is 0.138 e. The number of hydrogen-bond donors (Lipinski definition) is 2. The van der Waals surface area contributed by atoms with Crippen molar-refractivity contribution in [1.82, 2.24) is 9.55 Å². The molecule has 2 aromatic carbocycles. The minimum absolute atomic E-state index is 0.0782. The van der Waals surface area contributed by atoms with Crippen molar-refractivity contribution in [2.24, 2.45) is 0 Å². The molecule has 4 atom stereocenters. The summed E-state index contributed by atoms with van der Waals surface area (Å²) >= 11 is 6.18. The average Bonchev–Trinajstić information content (AvgIpc) is 3.27. The lowest BCUT2D eigenvalue weighted by molar-refractivity contribution is -0.0194. The van der Waals surface area contributed by atoms with Crippen LogP contribution in [0.1, 0.15) is 6.42 Å². The van der Waals surface area contributed by atoms with Gasteiger partial charge >= 0.3 is 0 Å². The van der Waals surface area contributed by atoms with Crippen LogP contribution in [0.3, 0.4) is 0 Å². The second-order valence-electron chi connectivity index (χ2n) is 7.02.